The van der Waals surface area contributed by atoms with Crippen LogP contribution < -0.4 is 11.1 Å². The summed E-state index contributed by atoms with van der Waals surface area (Å²) in [5.74, 6) is 0.616. The summed E-state index contributed by atoms with van der Waals surface area (Å²) in [6.45, 7) is 0.703. The van der Waals surface area contributed by atoms with Gasteiger partial charge in [-0.3, -0.25) is 9.59 Å². The predicted octanol–water partition coefficient (Wildman–Crippen LogP) is -0.0430. The van der Waals surface area contributed by atoms with Crippen LogP contribution in [-0.4, -0.2) is 9.13 Å². The van der Waals surface area contributed by atoms with E-state index in [0.29, 0.717) is 12.5 Å². The summed E-state index contributed by atoms with van der Waals surface area (Å²) >= 11 is 0. The van der Waals surface area contributed by atoms with E-state index in [2.05, 4.69) is 0 Å². The molecule has 1 aromatic heterocycles. The zero-order valence-corrected chi connectivity index (χ0v) is 7.56. The molecule has 1 aromatic rings. The molecule has 0 unspecified atom stereocenters. The SMILES string of the molecule is Cn1ccn(CC2CC2)c(=O)c1=O. The first-order valence-electron chi connectivity index (χ1n) is 4.44. The Kier molecular flexibility index (Phi) is 1.83. The minimum Gasteiger partial charge on any atom is -0.312 e. The van der Waals surface area contributed by atoms with Crippen molar-refractivity contribution >= 4 is 0 Å². The molecule has 1 saturated carbocycles. The zero-order chi connectivity index (χ0) is 9.42. The van der Waals surface area contributed by atoms with Crippen LogP contribution in [0, 0.1) is 5.92 Å². The van der Waals surface area contributed by atoms with E-state index in [4.69, 9.17) is 0 Å². The Hall–Kier alpha value is -1.32. The lowest BCUT2D eigenvalue weighted by Gasteiger charge is -2.03. The van der Waals surface area contributed by atoms with Gasteiger partial charge in [-0.2, -0.15) is 0 Å². The van der Waals surface area contributed by atoms with E-state index < -0.39 is 11.1 Å². The summed E-state index contributed by atoms with van der Waals surface area (Å²) in [5, 5.41) is 0. The summed E-state index contributed by atoms with van der Waals surface area (Å²) in [4.78, 5) is 22.6. The van der Waals surface area contributed by atoms with Crippen molar-refractivity contribution in [1.29, 1.82) is 0 Å². The number of nitrogens with zero attached hydrogens (tertiary/aromatic N) is 2. The minimum atomic E-state index is -0.442. The van der Waals surface area contributed by atoms with Crippen LogP contribution in [0.5, 0.6) is 0 Å². The van der Waals surface area contributed by atoms with E-state index >= 15 is 0 Å². The van der Waals surface area contributed by atoms with Crippen LogP contribution in [0.2, 0.25) is 0 Å². The molecule has 0 atom stereocenters. The third-order valence-corrected chi connectivity index (χ3v) is 2.39. The Bertz CT molecular complexity index is 426. The summed E-state index contributed by atoms with van der Waals surface area (Å²) in [7, 11) is 1.59. The van der Waals surface area contributed by atoms with Gasteiger partial charge in [0.2, 0.25) is 0 Å². The van der Waals surface area contributed by atoms with Crippen LogP contribution in [0.15, 0.2) is 22.0 Å². The maximum atomic E-state index is 11.4. The highest BCUT2D eigenvalue weighted by molar-refractivity contribution is 4.87. The van der Waals surface area contributed by atoms with Gasteiger partial charge in [0.05, 0.1) is 0 Å². The molecule has 0 N–H and O–H groups in total. The van der Waals surface area contributed by atoms with Gasteiger partial charge < -0.3 is 9.13 Å². The van der Waals surface area contributed by atoms with Gasteiger partial charge in [0.25, 0.3) is 0 Å². The fourth-order valence-corrected chi connectivity index (χ4v) is 1.31. The fraction of sp³-hybridized carbons (Fsp3) is 0.556. The standard InChI is InChI=1S/C9H12N2O2/c1-10-4-5-11(6-7-2-3-7)9(13)8(10)12/h4-5,7H,2-3,6H2,1H3. The van der Waals surface area contributed by atoms with Crippen molar-refractivity contribution in [2.24, 2.45) is 13.0 Å². The van der Waals surface area contributed by atoms with Gasteiger partial charge in [-0.25, -0.2) is 0 Å². The van der Waals surface area contributed by atoms with Gasteiger partial charge in [-0.1, -0.05) is 0 Å². The smallest absolute Gasteiger partial charge is 0.312 e. The highest BCUT2D eigenvalue weighted by Crippen LogP contribution is 2.29. The van der Waals surface area contributed by atoms with Crippen LogP contribution in [-0.2, 0) is 13.6 Å². The Labute approximate surface area is 75.4 Å². The quantitative estimate of drug-likeness (QED) is 0.599. The third kappa shape index (κ3) is 1.56. The molecule has 4 heteroatoms. The maximum absolute atomic E-state index is 11.4. The first-order valence-corrected chi connectivity index (χ1v) is 4.44. The summed E-state index contributed by atoms with van der Waals surface area (Å²) < 4.78 is 2.83. The summed E-state index contributed by atoms with van der Waals surface area (Å²) in [6, 6.07) is 0. The van der Waals surface area contributed by atoms with E-state index in [9.17, 15) is 9.59 Å². The van der Waals surface area contributed by atoms with Gasteiger partial charge in [0, 0.05) is 26.0 Å². The van der Waals surface area contributed by atoms with E-state index in [-0.39, 0.29) is 0 Å². The zero-order valence-electron chi connectivity index (χ0n) is 7.56. The molecule has 2 rings (SSSR count). The second-order valence-electron chi connectivity index (χ2n) is 3.62. The highest BCUT2D eigenvalue weighted by atomic mass is 16.2. The minimum absolute atomic E-state index is 0.406. The second-order valence-corrected chi connectivity index (χ2v) is 3.62. The molecular formula is C9H12N2O2. The van der Waals surface area contributed by atoms with Gasteiger partial charge in [0.15, 0.2) is 0 Å². The van der Waals surface area contributed by atoms with Crippen molar-refractivity contribution in [2.75, 3.05) is 0 Å². The van der Waals surface area contributed by atoms with E-state index in [1.165, 1.54) is 22.0 Å². The van der Waals surface area contributed by atoms with E-state index in [1.807, 2.05) is 0 Å². The molecule has 13 heavy (non-hydrogen) atoms. The normalized spacial score (nSPS) is 16.1. The molecule has 0 amide bonds. The first-order chi connectivity index (χ1) is 6.18. The van der Waals surface area contributed by atoms with Crippen LogP contribution in [0.1, 0.15) is 12.8 Å². The van der Waals surface area contributed by atoms with Crippen LogP contribution in [0.25, 0.3) is 0 Å². The number of aromatic nitrogens is 2. The molecule has 0 aliphatic heterocycles. The Balaban J connectivity index is 2.41. The van der Waals surface area contributed by atoms with Crippen LogP contribution in [0.4, 0.5) is 0 Å². The molecule has 70 valence electrons. The van der Waals surface area contributed by atoms with Crippen molar-refractivity contribution in [3.8, 4) is 0 Å². The first kappa shape index (κ1) is 8.29. The average Bonchev–Trinajstić information content (AvgIpc) is 2.90. The Morgan fingerprint density at radius 3 is 2.62 bits per heavy atom. The summed E-state index contributed by atoms with van der Waals surface area (Å²) in [5.41, 5.74) is -0.847. The maximum Gasteiger partial charge on any atom is 0.316 e. The molecule has 1 aliphatic carbocycles. The fourth-order valence-electron chi connectivity index (χ4n) is 1.31. The Morgan fingerprint density at radius 1 is 1.31 bits per heavy atom. The molecule has 1 fully saturated rings. The monoisotopic (exact) mass is 180 g/mol. The van der Waals surface area contributed by atoms with Gasteiger partial charge in [-0.05, 0) is 18.8 Å². The Morgan fingerprint density at radius 2 is 2.00 bits per heavy atom. The lowest BCUT2D eigenvalue weighted by molar-refractivity contribution is 0.585. The molecule has 0 saturated heterocycles. The van der Waals surface area contributed by atoms with Crippen LogP contribution >= 0.6 is 0 Å². The van der Waals surface area contributed by atoms with E-state index in [1.54, 1.807) is 19.4 Å². The largest absolute Gasteiger partial charge is 0.316 e. The highest BCUT2D eigenvalue weighted by Gasteiger charge is 2.22. The molecule has 1 aliphatic rings. The molecule has 4 nitrogen and oxygen atoms in total. The number of hydrogen-bond acceptors (Lipinski definition) is 2. The van der Waals surface area contributed by atoms with Crippen molar-refractivity contribution in [1.82, 2.24) is 9.13 Å². The second kappa shape index (κ2) is 2.87. The molecule has 0 aromatic carbocycles. The van der Waals surface area contributed by atoms with Gasteiger partial charge >= 0.3 is 11.1 Å². The third-order valence-electron chi connectivity index (χ3n) is 2.39. The molecule has 0 bridgehead atoms. The van der Waals surface area contributed by atoms with Crippen molar-refractivity contribution in [3.63, 3.8) is 0 Å². The molecule has 0 spiro atoms. The van der Waals surface area contributed by atoms with Crippen molar-refractivity contribution in [3.05, 3.63) is 33.1 Å². The summed E-state index contributed by atoms with van der Waals surface area (Å²) in [6.07, 6.45) is 5.68. The van der Waals surface area contributed by atoms with Gasteiger partial charge in [-0.15, -0.1) is 0 Å². The van der Waals surface area contributed by atoms with Crippen LogP contribution in [0.3, 0.4) is 0 Å². The topological polar surface area (TPSA) is 44.0 Å². The van der Waals surface area contributed by atoms with Crippen molar-refractivity contribution < 1.29 is 0 Å². The molecule has 1 heterocycles. The lowest BCUT2D eigenvalue weighted by Crippen LogP contribution is -2.39. The molecule has 0 radical (unpaired) electrons. The van der Waals surface area contributed by atoms with Gasteiger partial charge in [0.1, 0.15) is 0 Å². The van der Waals surface area contributed by atoms with Crippen molar-refractivity contribution in [2.45, 2.75) is 19.4 Å². The predicted molar refractivity (Wildman–Crippen MR) is 48.7 cm³/mol. The van der Waals surface area contributed by atoms with E-state index in [0.717, 1.165) is 0 Å². The number of aryl methyl sites for hydroxylation is 1. The number of rotatable bonds is 2. The number of hydrogen-bond donors (Lipinski definition) is 0. The average molecular weight is 180 g/mol. The lowest BCUT2D eigenvalue weighted by atomic mass is 10.4. The molecular weight excluding hydrogens is 168 g/mol.